The van der Waals surface area contributed by atoms with Crippen molar-refractivity contribution in [3.8, 4) is 6.07 Å². The van der Waals surface area contributed by atoms with E-state index in [2.05, 4.69) is 12.6 Å². The summed E-state index contributed by atoms with van der Waals surface area (Å²) in [4.78, 5) is 26.4. The van der Waals surface area contributed by atoms with Crippen LogP contribution in [0.15, 0.2) is 70.4 Å². The summed E-state index contributed by atoms with van der Waals surface area (Å²) in [6.07, 6.45) is 1.64. The maximum Gasteiger partial charge on any atom is 0.420 e. The number of benzene rings is 2. The van der Waals surface area contributed by atoms with Gasteiger partial charge >= 0.3 is 5.76 Å². The van der Waals surface area contributed by atoms with E-state index in [0.717, 1.165) is 5.56 Å². The molecular formula is C20H17N3O3. The van der Waals surface area contributed by atoms with E-state index in [4.69, 9.17) is 9.68 Å². The van der Waals surface area contributed by atoms with Gasteiger partial charge < -0.3 is 9.32 Å². The molecule has 0 saturated heterocycles. The number of nitriles is 1. The van der Waals surface area contributed by atoms with Crippen molar-refractivity contribution in [2.75, 3.05) is 6.54 Å². The van der Waals surface area contributed by atoms with Crippen molar-refractivity contribution in [2.24, 2.45) is 0 Å². The monoisotopic (exact) mass is 347 g/mol. The number of carbonyl (C=O) groups is 1. The summed E-state index contributed by atoms with van der Waals surface area (Å²) in [7, 11) is 0. The van der Waals surface area contributed by atoms with E-state index in [-0.39, 0.29) is 12.5 Å². The van der Waals surface area contributed by atoms with Crippen molar-refractivity contribution in [3.63, 3.8) is 0 Å². The highest BCUT2D eigenvalue weighted by Gasteiger charge is 2.17. The fourth-order valence-corrected chi connectivity index (χ4v) is 2.71. The molecule has 6 heteroatoms. The fraction of sp³-hybridized carbons (Fsp3) is 0.150. The third-order valence-electron chi connectivity index (χ3n) is 4.03. The highest BCUT2D eigenvalue weighted by molar-refractivity contribution is 5.79. The molecule has 0 spiro atoms. The Morgan fingerprint density at radius 1 is 1.23 bits per heavy atom. The van der Waals surface area contributed by atoms with Crippen LogP contribution in [0.5, 0.6) is 0 Å². The Balaban J connectivity index is 1.82. The zero-order chi connectivity index (χ0) is 18.5. The predicted molar refractivity (Wildman–Crippen MR) is 97.2 cm³/mol. The Hall–Kier alpha value is -3.59. The van der Waals surface area contributed by atoms with E-state index in [0.29, 0.717) is 29.8 Å². The zero-order valence-corrected chi connectivity index (χ0v) is 14.1. The Bertz CT molecular complexity index is 1040. The summed E-state index contributed by atoms with van der Waals surface area (Å²) in [5.41, 5.74) is 2.49. The van der Waals surface area contributed by atoms with Gasteiger partial charge in [-0.1, -0.05) is 30.3 Å². The fourth-order valence-electron chi connectivity index (χ4n) is 2.71. The lowest BCUT2D eigenvalue weighted by atomic mass is 10.1. The number of nitrogens with zero attached hydrogens (tertiary/aromatic N) is 3. The number of hydrogen-bond acceptors (Lipinski definition) is 4. The molecule has 3 aromatic rings. The van der Waals surface area contributed by atoms with Crippen molar-refractivity contribution in [1.82, 2.24) is 9.47 Å². The van der Waals surface area contributed by atoms with Gasteiger partial charge in [-0.25, -0.2) is 4.79 Å². The van der Waals surface area contributed by atoms with E-state index in [1.165, 1.54) is 4.57 Å². The van der Waals surface area contributed by atoms with Crippen LogP contribution in [0.4, 0.5) is 0 Å². The number of fused-ring (bicyclic) bond motifs is 1. The first-order valence-corrected chi connectivity index (χ1v) is 8.08. The molecule has 0 atom stereocenters. The summed E-state index contributed by atoms with van der Waals surface area (Å²) in [6.45, 7) is 4.29. The molecule has 0 N–H and O–H groups in total. The van der Waals surface area contributed by atoms with Gasteiger partial charge in [0.05, 0.1) is 17.1 Å². The maximum atomic E-state index is 12.7. The van der Waals surface area contributed by atoms with Gasteiger partial charge in [0.15, 0.2) is 5.58 Å². The Morgan fingerprint density at radius 2 is 1.96 bits per heavy atom. The average Bonchev–Trinajstić information content (AvgIpc) is 2.97. The summed E-state index contributed by atoms with van der Waals surface area (Å²) >= 11 is 0. The molecule has 0 fully saturated rings. The molecule has 1 aromatic heterocycles. The van der Waals surface area contributed by atoms with Crippen LogP contribution in [-0.4, -0.2) is 21.9 Å². The van der Waals surface area contributed by atoms with Crippen LogP contribution in [-0.2, 0) is 17.9 Å². The van der Waals surface area contributed by atoms with Crippen LogP contribution in [0, 0.1) is 11.3 Å². The molecule has 1 amide bonds. The molecule has 6 nitrogen and oxygen atoms in total. The number of carbonyl (C=O) groups excluding carboxylic acids is 1. The maximum absolute atomic E-state index is 12.7. The molecule has 0 radical (unpaired) electrons. The van der Waals surface area contributed by atoms with Gasteiger partial charge in [-0.3, -0.25) is 9.36 Å². The molecule has 130 valence electrons. The largest absolute Gasteiger partial charge is 0.420 e. The number of para-hydroxylation sites is 2. The number of amides is 1. The summed E-state index contributed by atoms with van der Waals surface area (Å²) < 4.78 is 6.50. The second-order valence-electron chi connectivity index (χ2n) is 5.79. The third kappa shape index (κ3) is 3.57. The van der Waals surface area contributed by atoms with E-state index in [9.17, 15) is 9.59 Å². The molecule has 26 heavy (non-hydrogen) atoms. The van der Waals surface area contributed by atoms with Crippen molar-refractivity contribution in [3.05, 3.63) is 82.9 Å². The van der Waals surface area contributed by atoms with Gasteiger partial charge in [0.25, 0.3) is 0 Å². The molecule has 2 aromatic carbocycles. The molecule has 0 unspecified atom stereocenters. The Labute approximate surface area is 150 Å². The molecule has 0 aliphatic rings. The van der Waals surface area contributed by atoms with Crippen LogP contribution in [0.1, 0.15) is 11.1 Å². The van der Waals surface area contributed by atoms with E-state index >= 15 is 0 Å². The normalized spacial score (nSPS) is 10.4. The quantitative estimate of drug-likeness (QED) is 0.642. The highest BCUT2D eigenvalue weighted by atomic mass is 16.4. The lowest BCUT2D eigenvalue weighted by Crippen LogP contribution is -2.35. The minimum absolute atomic E-state index is 0.111. The lowest BCUT2D eigenvalue weighted by molar-refractivity contribution is -0.131. The first kappa shape index (κ1) is 17.2. The van der Waals surface area contributed by atoms with Gasteiger partial charge in [-0.15, -0.1) is 6.58 Å². The van der Waals surface area contributed by atoms with E-state index < -0.39 is 5.76 Å². The molecule has 0 bridgehead atoms. The van der Waals surface area contributed by atoms with E-state index in [1.807, 2.05) is 0 Å². The van der Waals surface area contributed by atoms with Gasteiger partial charge in [0.2, 0.25) is 5.91 Å². The van der Waals surface area contributed by atoms with Gasteiger partial charge in [-0.2, -0.15) is 5.26 Å². The molecule has 0 saturated carbocycles. The molecule has 3 rings (SSSR count). The zero-order valence-electron chi connectivity index (χ0n) is 14.1. The van der Waals surface area contributed by atoms with Crippen LogP contribution >= 0.6 is 0 Å². The first-order valence-electron chi connectivity index (χ1n) is 8.08. The molecule has 0 aliphatic carbocycles. The second-order valence-corrected chi connectivity index (χ2v) is 5.79. The smallest absolute Gasteiger partial charge is 0.408 e. The minimum atomic E-state index is -0.559. The Kier molecular flexibility index (Phi) is 4.99. The molecule has 1 heterocycles. The van der Waals surface area contributed by atoms with E-state index in [1.54, 1.807) is 59.5 Å². The summed E-state index contributed by atoms with van der Waals surface area (Å²) in [5.74, 6) is -0.778. The minimum Gasteiger partial charge on any atom is -0.408 e. The summed E-state index contributed by atoms with van der Waals surface area (Å²) in [5, 5.41) is 8.87. The SMILES string of the molecule is C=CCN(Cc1ccc(C#N)cc1)C(=O)Cn1c(=O)oc2ccccc21. The standard InChI is InChI=1S/C20H17N3O3/c1-2-11-22(13-16-9-7-15(12-21)8-10-16)19(24)14-23-17-5-3-4-6-18(17)26-20(23)25/h2-10H,1,11,13-14H2. The van der Waals surface area contributed by atoms with Gasteiger partial charge in [0.1, 0.15) is 6.54 Å². The third-order valence-corrected chi connectivity index (χ3v) is 4.03. The topological polar surface area (TPSA) is 79.2 Å². The van der Waals surface area contributed by atoms with Crippen molar-refractivity contribution in [1.29, 1.82) is 5.26 Å². The first-order chi connectivity index (χ1) is 12.6. The summed E-state index contributed by atoms with van der Waals surface area (Å²) in [6, 6.07) is 16.1. The van der Waals surface area contributed by atoms with Gasteiger partial charge in [0, 0.05) is 13.1 Å². The van der Waals surface area contributed by atoms with Crippen LogP contribution in [0.3, 0.4) is 0 Å². The average molecular weight is 347 g/mol. The molecule has 0 aliphatic heterocycles. The second kappa shape index (κ2) is 7.53. The highest BCUT2D eigenvalue weighted by Crippen LogP contribution is 2.13. The lowest BCUT2D eigenvalue weighted by Gasteiger charge is -2.21. The number of hydrogen-bond donors (Lipinski definition) is 0. The van der Waals surface area contributed by atoms with Crippen molar-refractivity contribution < 1.29 is 9.21 Å². The number of rotatable bonds is 6. The number of aromatic nitrogens is 1. The Morgan fingerprint density at radius 3 is 2.65 bits per heavy atom. The predicted octanol–water partition coefficient (Wildman–Crippen LogP) is 2.68. The molecular weight excluding hydrogens is 330 g/mol. The van der Waals surface area contributed by atoms with Crippen molar-refractivity contribution in [2.45, 2.75) is 13.1 Å². The van der Waals surface area contributed by atoms with Crippen LogP contribution in [0.2, 0.25) is 0 Å². The van der Waals surface area contributed by atoms with Crippen LogP contribution in [0.25, 0.3) is 11.1 Å². The number of oxazole rings is 1. The van der Waals surface area contributed by atoms with Gasteiger partial charge in [-0.05, 0) is 29.8 Å². The van der Waals surface area contributed by atoms with Crippen LogP contribution < -0.4 is 5.76 Å². The van der Waals surface area contributed by atoms with Crippen molar-refractivity contribution >= 4 is 17.0 Å².